The maximum absolute atomic E-state index is 13.7. The van der Waals surface area contributed by atoms with E-state index in [-0.39, 0.29) is 23.6 Å². The van der Waals surface area contributed by atoms with Crippen LogP contribution < -0.4 is 15.0 Å². The van der Waals surface area contributed by atoms with Gasteiger partial charge in [-0.15, -0.1) is 0 Å². The van der Waals surface area contributed by atoms with Gasteiger partial charge in [0.1, 0.15) is 11.4 Å². The molecule has 3 aromatic carbocycles. The van der Waals surface area contributed by atoms with Crippen LogP contribution in [0.3, 0.4) is 0 Å². The molecule has 3 aromatic rings. The minimum Gasteiger partial charge on any atom is -0.491 e. The van der Waals surface area contributed by atoms with Crippen molar-refractivity contribution in [1.29, 1.82) is 0 Å². The Kier molecular flexibility index (Phi) is 6.29. The number of carbonyl (C=O) groups is 2. The van der Waals surface area contributed by atoms with Crippen molar-refractivity contribution in [1.82, 2.24) is 0 Å². The number of benzene rings is 3. The van der Waals surface area contributed by atoms with Gasteiger partial charge in [-0.1, -0.05) is 24.3 Å². The number of nitrogens with zero attached hydrogens (tertiary/aromatic N) is 1. The van der Waals surface area contributed by atoms with Crippen LogP contribution in [0.15, 0.2) is 66.4 Å². The monoisotopic (exact) mass is 454 g/mol. The minimum atomic E-state index is -0.371. The molecule has 0 spiro atoms. The Balaban J connectivity index is 1.79. The van der Waals surface area contributed by atoms with Crippen LogP contribution in [0.2, 0.25) is 0 Å². The number of amides is 2. The van der Waals surface area contributed by atoms with Crippen LogP contribution in [0, 0.1) is 27.7 Å². The quantitative estimate of drug-likeness (QED) is 0.457. The zero-order valence-corrected chi connectivity index (χ0v) is 20.5. The fraction of sp³-hybridized carbons (Fsp3) is 0.241. The lowest BCUT2D eigenvalue weighted by Crippen LogP contribution is -2.32. The summed E-state index contributed by atoms with van der Waals surface area (Å²) in [5.74, 6) is -0.00749. The smallest absolute Gasteiger partial charge is 0.282 e. The molecule has 0 bridgehead atoms. The van der Waals surface area contributed by atoms with Gasteiger partial charge in [-0.2, -0.15) is 0 Å². The van der Waals surface area contributed by atoms with E-state index in [0.29, 0.717) is 22.6 Å². The number of ether oxygens (including phenoxy) is 1. The van der Waals surface area contributed by atoms with E-state index >= 15 is 0 Å². The number of rotatable bonds is 6. The van der Waals surface area contributed by atoms with Gasteiger partial charge in [0.2, 0.25) is 0 Å². The first-order valence-corrected chi connectivity index (χ1v) is 11.5. The first kappa shape index (κ1) is 23.3. The number of carbonyl (C=O) groups excluding carboxylic acids is 2. The predicted molar refractivity (Wildman–Crippen MR) is 137 cm³/mol. The highest BCUT2D eigenvalue weighted by molar-refractivity contribution is 6.46. The van der Waals surface area contributed by atoms with Gasteiger partial charge in [-0.05, 0) is 106 Å². The zero-order valence-electron chi connectivity index (χ0n) is 20.5. The van der Waals surface area contributed by atoms with Crippen molar-refractivity contribution in [3.8, 4) is 5.75 Å². The first-order chi connectivity index (χ1) is 16.2. The van der Waals surface area contributed by atoms with E-state index < -0.39 is 0 Å². The number of nitrogens with one attached hydrogen (secondary N) is 1. The molecular formula is C29H30N2O3. The third-order valence-corrected chi connectivity index (χ3v) is 6.12. The fourth-order valence-corrected chi connectivity index (χ4v) is 3.95. The van der Waals surface area contributed by atoms with Gasteiger partial charge in [0.15, 0.2) is 0 Å². The minimum absolute atomic E-state index is 0.0435. The molecule has 0 fully saturated rings. The molecule has 1 N–H and O–H groups in total. The third-order valence-electron chi connectivity index (χ3n) is 6.12. The second kappa shape index (κ2) is 9.18. The van der Waals surface area contributed by atoms with Crippen molar-refractivity contribution < 1.29 is 14.3 Å². The molecule has 0 unspecified atom stereocenters. The van der Waals surface area contributed by atoms with Crippen LogP contribution in [0.25, 0.3) is 5.57 Å². The summed E-state index contributed by atoms with van der Waals surface area (Å²) in [6.45, 7) is 12.0. The van der Waals surface area contributed by atoms with Gasteiger partial charge in [0, 0.05) is 5.69 Å². The SMILES string of the molecule is Cc1ccc(NC2=C(c3ccc(OC(C)C)cc3)C(=O)N(c3ccc(C)c(C)c3)C2=O)cc1C. The third kappa shape index (κ3) is 4.46. The van der Waals surface area contributed by atoms with E-state index in [2.05, 4.69) is 5.32 Å². The van der Waals surface area contributed by atoms with Crippen LogP contribution in [-0.2, 0) is 9.59 Å². The molecule has 0 aromatic heterocycles. The van der Waals surface area contributed by atoms with E-state index in [4.69, 9.17) is 4.74 Å². The van der Waals surface area contributed by atoms with Crippen molar-refractivity contribution in [3.05, 3.63) is 94.2 Å². The highest BCUT2D eigenvalue weighted by Gasteiger charge is 2.40. The van der Waals surface area contributed by atoms with E-state index in [1.807, 2.05) is 102 Å². The standard InChI is InChI=1S/C29H30N2O3/c1-17(2)34-25-13-9-22(10-14-25)26-27(30-23-11-7-18(3)20(5)15-23)29(33)31(28(26)32)24-12-8-19(4)21(6)16-24/h7-17,30H,1-6H3. The molecule has 5 heteroatoms. The Hall–Kier alpha value is -3.86. The van der Waals surface area contributed by atoms with Gasteiger partial charge in [0.05, 0.1) is 17.4 Å². The average molecular weight is 455 g/mol. The largest absolute Gasteiger partial charge is 0.491 e. The van der Waals surface area contributed by atoms with Crippen LogP contribution in [-0.4, -0.2) is 17.9 Å². The topological polar surface area (TPSA) is 58.6 Å². The molecule has 0 saturated carbocycles. The number of hydrogen-bond acceptors (Lipinski definition) is 4. The Morgan fingerprint density at radius 2 is 1.35 bits per heavy atom. The zero-order chi connectivity index (χ0) is 24.6. The summed E-state index contributed by atoms with van der Waals surface area (Å²) in [5.41, 5.74) is 6.98. The van der Waals surface area contributed by atoms with E-state index in [1.54, 1.807) is 0 Å². The van der Waals surface area contributed by atoms with Crippen molar-refractivity contribution in [2.45, 2.75) is 47.6 Å². The normalized spacial score (nSPS) is 13.8. The van der Waals surface area contributed by atoms with Gasteiger partial charge in [-0.25, -0.2) is 4.90 Å². The van der Waals surface area contributed by atoms with Gasteiger partial charge < -0.3 is 10.1 Å². The first-order valence-electron chi connectivity index (χ1n) is 11.5. The maximum atomic E-state index is 13.7. The lowest BCUT2D eigenvalue weighted by atomic mass is 10.0. The lowest BCUT2D eigenvalue weighted by Gasteiger charge is -2.17. The highest BCUT2D eigenvalue weighted by atomic mass is 16.5. The molecule has 0 radical (unpaired) electrons. The highest BCUT2D eigenvalue weighted by Crippen LogP contribution is 2.35. The van der Waals surface area contributed by atoms with Crippen molar-refractivity contribution in [2.24, 2.45) is 0 Å². The van der Waals surface area contributed by atoms with E-state index in [1.165, 1.54) is 4.90 Å². The average Bonchev–Trinajstić information content (AvgIpc) is 3.02. The summed E-state index contributed by atoms with van der Waals surface area (Å²) in [6, 6.07) is 18.8. The predicted octanol–water partition coefficient (Wildman–Crippen LogP) is 6.10. The Bertz CT molecular complexity index is 1300. The molecule has 0 saturated heterocycles. The number of aryl methyl sites for hydroxylation is 4. The summed E-state index contributed by atoms with van der Waals surface area (Å²) in [6.07, 6.45) is 0.0435. The molecule has 0 aliphatic carbocycles. The van der Waals surface area contributed by atoms with Gasteiger partial charge in [-0.3, -0.25) is 9.59 Å². The molecular weight excluding hydrogens is 424 g/mol. The summed E-state index contributed by atoms with van der Waals surface area (Å²) in [7, 11) is 0. The second-order valence-corrected chi connectivity index (χ2v) is 9.08. The van der Waals surface area contributed by atoms with Crippen molar-refractivity contribution in [2.75, 3.05) is 10.2 Å². The molecule has 5 nitrogen and oxygen atoms in total. The Morgan fingerprint density at radius 1 is 0.735 bits per heavy atom. The summed E-state index contributed by atoms with van der Waals surface area (Å²) in [4.78, 5) is 28.6. The van der Waals surface area contributed by atoms with E-state index in [0.717, 1.165) is 27.9 Å². The number of anilines is 2. The molecule has 4 rings (SSSR count). The lowest BCUT2D eigenvalue weighted by molar-refractivity contribution is -0.120. The molecule has 34 heavy (non-hydrogen) atoms. The Morgan fingerprint density at radius 3 is 1.94 bits per heavy atom. The summed E-state index contributed by atoms with van der Waals surface area (Å²) in [5, 5.41) is 3.25. The van der Waals surface area contributed by atoms with Crippen LogP contribution in [0.5, 0.6) is 5.75 Å². The molecule has 2 amide bonds. The van der Waals surface area contributed by atoms with Crippen molar-refractivity contribution >= 4 is 28.8 Å². The second-order valence-electron chi connectivity index (χ2n) is 9.08. The molecule has 0 atom stereocenters. The van der Waals surface area contributed by atoms with Crippen LogP contribution in [0.1, 0.15) is 41.7 Å². The summed E-state index contributed by atoms with van der Waals surface area (Å²) >= 11 is 0. The molecule has 1 heterocycles. The summed E-state index contributed by atoms with van der Waals surface area (Å²) < 4.78 is 5.75. The molecule has 1 aliphatic rings. The maximum Gasteiger partial charge on any atom is 0.282 e. The van der Waals surface area contributed by atoms with Gasteiger partial charge in [0.25, 0.3) is 11.8 Å². The van der Waals surface area contributed by atoms with Gasteiger partial charge >= 0.3 is 0 Å². The molecule has 1 aliphatic heterocycles. The van der Waals surface area contributed by atoms with Crippen LogP contribution >= 0.6 is 0 Å². The van der Waals surface area contributed by atoms with Crippen molar-refractivity contribution in [3.63, 3.8) is 0 Å². The van der Waals surface area contributed by atoms with Crippen LogP contribution in [0.4, 0.5) is 11.4 Å². The number of hydrogen-bond donors (Lipinski definition) is 1. The fourth-order valence-electron chi connectivity index (χ4n) is 3.95. The number of imide groups is 1. The van der Waals surface area contributed by atoms with E-state index in [9.17, 15) is 9.59 Å². The molecule has 174 valence electrons. The Labute approximate surface area is 201 Å².